The summed E-state index contributed by atoms with van der Waals surface area (Å²) in [7, 11) is 0. The van der Waals surface area contributed by atoms with Gasteiger partial charge in [0.15, 0.2) is 0 Å². The number of carbonyl (C=O) groups is 1. The van der Waals surface area contributed by atoms with Gasteiger partial charge in [-0.2, -0.15) is 18.4 Å². The van der Waals surface area contributed by atoms with Gasteiger partial charge in [-0.25, -0.2) is 0 Å². The zero-order valence-electron chi connectivity index (χ0n) is 18.3. The molecule has 7 nitrogen and oxygen atoms in total. The van der Waals surface area contributed by atoms with E-state index in [-0.39, 0.29) is 18.5 Å². The van der Waals surface area contributed by atoms with Crippen molar-refractivity contribution in [1.82, 2.24) is 25.8 Å². The Bertz CT molecular complexity index is 686. The Morgan fingerprint density at radius 2 is 1.84 bits per heavy atom. The lowest BCUT2D eigenvalue weighted by Crippen LogP contribution is -2.49. The number of nitriles is 1. The van der Waals surface area contributed by atoms with Crippen molar-refractivity contribution < 1.29 is 18.0 Å². The molecule has 2 heterocycles. The molecule has 2 aliphatic heterocycles. The maximum Gasteiger partial charge on any atom is 0.403 e. The first kappa shape index (κ1) is 25.0. The topological polar surface area (TPSA) is 83.4 Å². The molecule has 0 bridgehead atoms. The first-order valence-corrected chi connectivity index (χ1v) is 10.9. The first-order valence-electron chi connectivity index (χ1n) is 10.9. The van der Waals surface area contributed by atoms with Crippen molar-refractivity contribution in [3.05, 3.63) is 23.5 Å². The minimum absolute atomic E-state index is 0.0491. The van der Waals surface area contributed by atoms with E-state index in [1.54, 1.807) is 12.2 Å². The molecule has 174 valence electrons. The number of nitrogens with one attached hydrogen (secondary N) is 3. The van der Waals surface area contributed by atoms with E-state index in [4.69, 9.17) is 0 Å². The summed E-state index contributed by atoms with van der Waals surface area (Å²) in [6.45, 7) is 7.36. The molecule has 0 aliphatic carbocycles. The number of piperidine rings is 1. The molecule has 1 amide bonds. The average Bonchev–Trinajstić information content (AvgIpc) is 2.76. The molecule has 1 unspecified atom stereocenters. The molecule has 2 aliphatic rings. The Labute approximate surface area is 182 Å². The lowest BCUT2D eigenvalue weighted by atomic mass is 10.0. The van der Waals surface area contributed by atoms with Crippen LogP contribution in [0.1, 0.15) is 33.1 Å². The highest BCUT2D eigenvalue weighted by atomic mass is 19.4. The van der Waals surface area contributed by atoms with Crippen LogP contribution in [0, 0.1) is 11.3 Å². The summed E-state index contributed by atoms with van der Waals surface area (Å²) in [5.41, 5.74) is 1.33. The van der Waals surface area contributed by atoms with E-state index in [2.05, 4.69) is 22.0 Å². The Kier molecular flexibility index (Phi) is 9.65. The Balaban J connectivity index is 1.86. The fourth-order valence-corrected chi connectivity index (χ4v) is 3.64. The number of alkyl halides is 3. The van der Waals surface area contributed by atoms with Gasteiger partial charge < -0.3 is 25.8 Å². The van der Waals surface area contributed by atoms with Crippen LogP contribution in [0.4, 0.5) is 13.2 Å². The van der Waals surface area contributed by atoms with Crippen molar-refractivity contribution in [2.24, 2.45) is 0 Å². The van der Waals surface area contributed by atoms with E-state index < -0.39 is 12.2 Å². The van der Waals surface area contributed by atoms with Gasteiger partial charge in [-0.05, 0) is 38.3 Å². The molecular formula is C21H33F3N6O. The van der Waals surface area contributed by atoms with Crippen molar-refractivity contribution in [1.29, 1.82) is 5.26 Å². The molecule has 0 aromatic rings. The lowest BCUT2D eigenvalue weighted by molar-refractivity contribution is -0.154. The van der Waals surface area contributed by atoms with Crippen LogP contribution in [0.25, 0.3) is 0 Å². The maximum atomic E-state index is 12.7. The highest BCUT2D eigenvalue weighted by Gasteiger charge is 2.37. The van der Waals surface area contributed by atoms with Gasteiger partial charge in [0.2, 0.25) is 5.91 Å². The smallest absolute Gasteiger partial charge is 0.380 e. The van der Waals surface area contributed by atoms with Crippen LogP contribution in [-0.4, -0.2) is 79.8 Å². The molecule has 0 radical (unpaired) electrons. The molecule has 2 rings (SSSR count). The minimum atomic E-state index is -4.25. The zero-order valence-corrected chi connectivity index (χ0v) is 18.3. The normalized spacial score (nSPS) is 20.4. The van der Waals surface area contributed by atoms with E-state index in [0.29, 0.717) is 51.1 Å². The first-order chi connectivity index (χ1) is 14.7. The van der Waals surface area contributed by atoms with E-state index in [1.165, 1.54) is 0 Å². The summed E-state index contributed by atoms with van der Waals surface area (Å²) in [6.07, 6.45) is 1.04. The number of likely N-dealkylation sites (tertiary alicyclic amines) is 1. The van der Waals surface area contributed by atoms with Gasteiger partial charge in [0.25, 0.3) is 0 Å². The third-order valence-corrected chi connectivity index (χ3v) is 5.69. The second-order valence-electron chi connectivity index (χ2n) is 7.88. The Morgan fingerprint density at radius 3 is 2.39 bits per heavy atom. The minimum Gasteiger partial charge on any atom is -0.380 e. The van der Waals surface area contributed by atoms with Crippen molar-refractivity contribution in [2.75, 3.05) is 45.8 Å². The van der Waals surface area contributed by atoms with Crippen molar-refractivity contribution >= 4 is 5.91 Å². The largest absolute Gasteiger partial charge is 0.403 e. The summed E-state index contributed by atoms with van der Waals surface area (Å²) < 4.78 is 38.2. The van der Waals surface area contributed by atoms with Crippen LogP contribution in [0.5, 0.6) is 0 Å². The fraction of sp³-hybridized carbons (Fsp3) is 0.714. The maximum absolute atomic E-state index is 12.7. The highest BCUT2D eigenvalue weighted by Crippen LogP contribution is 2.22. The molecule has 0 spiro atoms. The van der Waals surface area contributed by atoms with Crippen molar-refractivity contribution in [2.45, 2.75) is 51.4 Å². The molecule has 0 aromatic carbocycles. The van der Waals surface area contributed by atoms with Crippen molar-refractivity contribution in [3.8, 4) is 6.07 Å². The molecule has 3 N–H and O–H groups in total. The molecular weight excluding hydrogens is 409 g/mol. The van der Waals surface area contributed by atoms with Crippen LogP contribution < -0.4 is 16.0 Å². The number of piperazine rings is 1. The van der Waals surface area contributed by atoms with Crippen LogP contribution >= 0.6 is 0 Å². The van der Waals surface area contributed by atoms with Gasteiger partial charge >= 0.3 is 6.18 Å². The number of hydrogen-bond acceptors (Lipinski definition) is 6. The van der Waals surface area contributed by atoms with E-state index in [0.717, 1.165) is 25.7 Å². The summed E-state index contributed by atoms with van der Waals surface area (Å²) in [5, 5.41) is 18.5. The summed E-state index contributed by atoms with van der Waals surface area (Å²) in [6, 6.07) is 0.423. The Morgan fingerprint density at radius 1 is 1.19 bits per heavy atom. The van der Waals surface area contributed by atoms with Crippen LogP contribution in [0.2, 0.25) is 0 Å². The monoisotopic (exact) mass is 442 g/mol. The second kappa shape index (κ2) is 12.0. The van der Waals surface area contributed by atoms with E-state index in [9.17, 15) is 23.2 Å². The second-order valence-corrected chi connectivity index (χ2v) is 7.88. The molecule has 0 saturated carbocycles. The third-order valence-electron chi connectivity index (χ3n) is 5.69. The predicted octanol–water partition coefficient (Wildman–Crippen LogP) is 1.71. The standard InChI is InChI=1S/C21H33F3N6O/c1-3-17(27-15-20(31)30-12-8-26-9-13-30)4-5-19(14-25)29-10-6-18(7-11-29)28-16(2)21(22,23)24/h4-5,16,18,26-28H,3,6-13,15H2,1-2H3/b17-4+,19-5+. The van der Waals surface area contributed by atoms with Crippen molar-refractivity contribution in [3.63, 3.8) is 0 Å². The number of amides is 1. The number of allylic oxidation sites excluding steroid dienone is 4. The zero-order chi connectivity index (χ0) is 22.9. The quantitative estimate of drug-likeness (QED) is 0.392. The number of rotatable bonds is 8. The molecule has 31 heavy (non-hydrogen) atoms. The van der Waals surface area contributed by atoms with Gasteiger partial charge in [-0.1, -0.05) is 6.92 Å². The van der Waals surface area contributed by atoms with Gasteiger partial charge in [0.05, 0.1) is 6.54 Å². The van der Waals surface area contributed by atoms with Gasteiger partial charge in [-0.3, -0.25) is 4.79 Å². The molecule has 10 heteroatoms. The summed E-state index contributed by atoms with van der Waals surface area (Å²) in [4.78, 5) is 16.0. The lowest BCUT2D eigenvalue weighted by Gasteiger charge is -2.35. The number of hydrogen-bond donors (Lipinski definition) is 3. The van der Waals surface area contributed by atoms with Gasteiger partial charge in [0, 0.05) is 51.0 Å². The Hall–Kier alpha value is -2.25. The molecule has 0 aromatic heterocycles. The number of halogens is 3. The number of nitrogens with zero attached hydrogens (tertiary/aromatic N) is 3. The number of carbonyl (C=O) groups excluding carboxylic acids is 1. The molecule has 2 saturated heterocycles. The van der Waals surface area contributed by atoms with Crippen LogP contribution in [0.15, 0.2) is 23.5 Å². The van der Waals surface area contributed by atoms with Crippen LogP contribution in [-0.2, 0) is 4.79 Å². The molecule has 2 fully saturated rings. The third kappa shape index (κ3) is 8.07. The van der Waals surface area contributed by atoms with Gasteiger partial charge in [0.1, 0.15) is 17.8 Å². The molecule has 1 atom stereocenters. The van der Waals surface area contributed by atoms with E-state index in [1.807, 2.05) is 16.7 Å². The highest BCUT2D eigenvalue weighted by molar-refractivity contribution is 5.78. The van der Waals surface area contributed by atoms with Crippen LogP contribution in [0.3, 0.4) is 0 Å². The van der Waals surface area contributed by atoms with Gasteiger partial charge in [-0.15, -0.1) is 0 Å². The average molecular weight is 443 g/mol. The summed E-state index contributed by atoms with van der Waals surface area (Å²) in [5.74, 6) is 0.0491. The fourth-order valence-electron chi connectivity index (χ4n) is 3.64. The SMILES string of the molecule is CC/C(=C\C=C(/C#N)N1CCC(NC(C)C(F)(F)F)CC1)NCC(=O)N1CCNCC1. The summed E-state index contributed by atoms with van der Waals surface area (Å²) >= 11 is 0. The van der Waals surface area contributed by atoms with E-state index >= 15 is 0 Å². The predicted molar refractivity (Wildman–Crippen MR) is 113 cm³/mol.